The molecule has 9 aromatic carbocycles. The van der Waals surface area contributed by atoms with Gasteiger partial charge in [0, 0.05) is 75.2 Å². The van der Waals surface area contributed by atoms with Gasteiger partial charge in [0.25, 0.3) is 0 Å². The smallest absolute Gasteiger partial charge is 0.333 e. The topological polar surface area (TPSA) is 255 Å². The van der Waals surface area contributed by atoms with Gasteiger partial charge in [-0.15, -0.1) is 70.6 Å². The van der Waals surface area contributed by atoms with E-state index in [9.17, 15) is 61.5 Å². The van der Waals surface area contributed by atoms with Crippen LogP contribution in [0.4, 0.5) is 8.78 Å². The van der Waals surface area contributed by atoms with Crippen molar-refractivity contribution in [2.24, 2.45) is 23.7 Å². The van der Waals surface area contributed by atoms with Crippen LogP contribution in [0, 0.1) is 35.3 Å². The third-order valence-electron chi connectivity index (χ3n) is 18.4. The monoisotopic (exact) mass is 1850 g/mol. The summed E-state index contributed by atoms with van der Waals surface area (Å²) < 4.78 is 55.5. The van der Waals surface area contributed by atoms with Crippen LogP contribution >= 0.6 is 70.6 Å². The average molecular weight is 1850 g/mol. The Morgan fingerprint density at radius 2 is 0.709 bits per heavy atom. The average Bonchev–Trinajstić information content (AvgIpc) is 0.859. The van der Waals surface area contributed by atoms with Gasteiger partial charge in [0.2, 0.25) is 5.91 Å². The van der Waals surface area contributed by atoms with Crippen LogP contribution in [-0.4, -0.2) is 147 Å². The van der Waals surface area contributed by atoms with Gasteiger partial charge in [-0.25, -0.2) is 13.6 Å². The Morgan fingerprint density at radius 1 is 0.339 bits per heavy atom. The zero-order valence-corrected chi connectivity index (χ0v) is 78.5. The number of Topliss-reactive ketones (excluding diaryl/α,β-unsaturated/α-hetero) is 5. The van der Waals surface area contributed by atoms with E-state index in [1.807, 2.05) is 188 Å². The molecule has 0 aliphatic heterocycles. The predicted molar refractivity (Wildman–Crippen MR) is 507 cm³/mol. The van der Waals surface area contributed by atoms with Crippen LogP contribution in [-0.2, 0) is 94.0 Å². The van der Waals surface area contributed by atoms with E-state index in [0.717, 1.165) is 49.3 Å². The molecule has 0 fully saturated rings. The number of benzene rings is 9. The fourth-order valence-electron chi connectivity index (χ4n) is 11.8. The highest BCUT2D eigenvalue weighted by molar-refractivity contribution is 8.01. The summed E-state index contributed by atoms with van der Waals surface area (Å²) in [5.41, 5.74) is 2.18. The summed E-state index contributed by atoms with van der Waals surface area (Å²) in [5, 5.41) is 2.72. The van der Waals surface area contributed by atoms with E-state index in [1.54, 1.807) is 80.9 Å². The Bertz CT molecular complexity index is 4610. The molecule has 18 nitrogen and oxygen atoms in total. The first kappa shape index (κ1) is 109. The number of unbranched alkanes of at least 4 members (excludes halogenated alkanes) is 4. The van der Waals surface area contributed by atoms with Crippen molar-refractivity contribution in [3.8, 4) is 0 Å². The van der Waals surface area contributed by atoms with E-state index in [2.05, 4.69) is 31.3 Å². The third kappa shape index (κ3) is 51.0. The molecule has 0 saturated heterocycles. The van der Waals surface area contributed by atoms with Crippen molar-refractivity contribution < 1.29 is 89.9 Å². The molecule has 9 aromatic rings. The lowest BCUT2D eigenvalue weighted by Gasteiger charge is -2.16. The Morgan fingerprint density at radius 3 is 1.09 bits per heavy atom. The van der Waals surface area contributed by atoms with Crippen molar-refractivity contribution in [2.75, 3.05) is 82.8 Å². The third-order valence-corrected chi connectivity index (χ3v) is 24.7. The molecule has 9 rings (SSSR count). The number of ketones is 5. The number of carbonyl (C=O) groups excluding carboxylic acids is 11. The number of halogens is 2. The number of thioether (sulfide) groups is 6. The van der Waals surface area contributed by atoms with Gasteiger partial charge in [-0.2, -0.15) is 0 Å². The van der Waals surface area contributed by atoms with Crippen molar-refractivity contribution >= 4 is 135 Å². The summed E-state index contributed by atoms with van der Waals surface area (Å²) in [4.78, 5) is 138. The number of hydrogen-bond acceptors (Lipinski definition) is 23. The van der Waals surface area contributed by atoms with E-state index >= 15 is 0 Å². The van der Waals surface area contributed by atoms with Gasteiger partial charge in [0.15, 0.2) is 6.04 Å². The molecular weight excluding hydrogens is 1730 g/mol. The lowest BCUT2D eigenvalue weighted by Crippen LogP contribution is -2.35. The van der Waals surface area contributed by atoms with Gasteiger partial charge in [-0.3, -0.25) is 47.9 Å². The van der Waals surface area contributed by atoms with Crippen molar-refractivity contribution in [3.05, 3.63) is 289 Å². The number of carbonyl (C=O) groups is 11. The van der Waals surface area contributed by atoms with Crippen LogP contribution in [0.25, 0.3) is 0 Å². The lowest BCUT2D eigenvalue weighted by molar-refractivity contribution is -0.155. The van der Waals surface area contributed by atoms with Gasteiger partial charge < -0.3 is 33.7 Å². The molecule has 1 amide bonds. The predicted octanol–water partition coefficient (Wildman–Crippen LogP) is 21.6. The normalized spacial score (nSPS) is 11.6. The standard InChI is InChI=1S/2C19H19FO3S.C17H17NO3S.C17H22O5S.C15H22OS.C14H20O2S/c1-23-19(22)15(10-14-6-5-7-16(20)11-14)12-17(21)13-24-18-8-3-2-4-9-18;1-23-19(22)15(11-14-7-9-16(20)10-8-14)12-17(21)13-24-18-5-3-2-4-6-18;1-21-17(20)16(13-8-4-2-5-9-13)18-15(19)12-22-14-10-6-3-7-11-14;1-3-21-16(19)11-13(17(20)22-4-2)10-14(18)12-23-15-8-6-5-7-9-15;1-2-3-4-5-7-10-14(16)13-17-15-11-8-6-9-12-15;1-3-12(10-16-2)9-13(15)11-17-14-7-5-4-6-8-14/h2-9,11,15H,10,12-13H2,1H3;2-10,15H,11-13H2,1H3;2-11,16H,12H2,1H3,(H,18,19);5-9,13H,3-4,10-12H2,1-2H3;6,8-9,11-12H,2-5,7,10,13H2,1H3;4-8,12H,3,9-11H2,1-2H3/t;;16-;;;/m..0.../s1. The maximum Gasteiger partial charge on any atom is 0.333 e. The number of amides is 1. The number of ether oxygens (including phenoxy) is 6. The molecule has 0 bridgehead atoms. The highest BCUT2D eigenvalue weighted by Crippen LogP contribution is 2.27. The molecule has 4 unspecified atom stereocenters. The van der Waals surface area contributed by atoms with Gasteiger partial charge in [0.1, 0.15) is 40.6 Å². The van der Waals surface area contributed by atoms with Gasteiger partial charge in [0.05, 0.1) is 93.2 Å². The molecule has 0 spiro atoms. The minimum atomic E-state index is -0.782. The molecule has 5 atom stereocenters. The molecule has 0 aromatic heterocycles. The van der Waals surface area contributed by atoms with Crippen LogP contribution in [0.1, 0.15) is 127 Å². The molecule has 0 aliphatic carbocycles. The molecule has 0 aliphatic rings. The molecule has 1 N–H and O–H groups in total. The van der Waals surface area contributed by atoms with Crippen LogP contribution < -0.4 is 5.32 Å². The lowest BCUT2D eigenvalue weighted by atomic mass is 9.94. The largest absolute Gasteiger partial charge is 0.469 e. The number of esters is 5. The minimum absolute atomic E-state index is 0.0126. The molecular formula is C101H119F2NO17S6. The maximum absolute atomic E-state index is 13.3. The zero-order valence-electron chi connectivity index (χ0n) is 73.6. The highest BCUT2D eigenvalue weighted by Gasteiger charge is 2.29. The Kier molecular flexibility index (Phi) is 58.8. The summed E-state index contributed by atoms with van der Waals surface area (Å²) in [6.07, 6.45) is 9.17. The summed E-state index contributed by atoms with van der Waals surface area (Å²) in [5.74, 6) is -2.01. The number of nitrogens with one attached hydrogen (secondary N) is 1. The van der Waals surface area contributed by atoms with E-state index < -0.39 is 53.6 Å². The quantitative estimate of drug-likeness (QED) is 0.0161. The molecule has 127 heavy (non-hydrogen) atoms. The van der Waals surface area contributed by atoms with Crippen LogP contribution in [0.5, 0.6) is 0 Å². The zero-order chi connectivity index (χ0) is 92.4. The van der Waals surface area contributed by atoms with Crippen LogP contribution in [0.3, 0.4) is 0 Å². The Labute approximate surface area is 773 Å². The van der Waals surface area contributed by atoms with E-state index in [-0.39, 0.29) is 91.7 Å². The molecule has 0 heterocycles. The van der Waals surface area contributed by atoms with E-state index in [1.165, 1.54) is 123 Å². The summed E-state index contributed by atoms with van der Waals surface area (Å²) in [6.45, 7) is 8.82. The second-order valence-corrected chi connectivity index (χ2v) is 34.8. The Balaban J connectivity index is 0.000000321. The van der Waals surface area contributed by atoms with Gasteiger partial charge in [-0.05, 0) is 153 Å². The van der Waals surface area contributed by atoms with Crippen molar-refractivity contribution in [1.82, 2.24) is 5.32 Å². The van der Waals surface area contributed by atoms with E-state index in [4.69, 9.17) is 28.4 Å². The second kappa shape index (κ2) is 68.2. The summed E-state index contributed by atoms with van der Waals surface area (Å²) in [7, 11) is 5.60. The number of rotatable bonds is 49. The molecule has 0 saturated carbocycles. The van der Waals surface area contributed by atoms with Crippen LogP contribution in [0.2, 0.25) is 0 Å². The van der Waals surface area contributed by atoms with Gasteiger partial charge in [-0.1, -0.05) is 210 Å². The van der Waals surface area contributed by atoms with Crippen LogP contribution in [0.15, 0.2) is 290 Å². The second-order valence-electron chi connectivity index (χ2n) is 28.5. The van der Waals surface area contributed by atoms with Gasteiger partial charge >= 0.3 is 29.8 Å². The van der Waals surface area contributed by atoms with Crippen molar-refractivity contribution in [2.45, 2.75) is 153 Å². The highest BCUT2D eigenvalue weighted by atomic mass is 32.2. The molecule has 0 radical (unpaired) electrons. The summed E-state index contributed by atoms with van der Waals surface area (Å²) in [6, 6.07) is 78.8. The van der Waals surface area contributed by atoms with E-state index in [0.29, 0.717) is 71.1 Å². The van der Waals surface area contributed by atoms with Crippen molar-refractivity contribution in [3.63, 3.8) is 0 Å². The Hall–Kier alpha value is -9.93. The molecule has 26 heteroatoms. The summed E-state index contributed by atoms with van der Waals surface area (Å²) >= 11 is 8.97. The number of hydrogen-bond donors (Lipinski definition) is 1. The SMILES string of the molecule is CCC(COC)CC(=O)CSc1ccccc1.CCCCCCCC(=O)CSc1ccccc1.CCOC(=O)CC(CC(=O)CSc1ccccc1)C(=O)OCC.COC(=O)C(CC(=O)CSc1ccccc1)Cc1ccc(F)cc1.COC(=O)C(CC(=O)CSc1ccccc1)Cc1cccc(F)c1.COC(=O)[C@@H](NC(=O)CSc1ccccc1)c1ccccc1. The molecule has 680 valence electrons. The number of methoxy groups -OCH3 is 4. The maximum atomic E-state index is 13.3. The first-order valence-corrected chi connectivity index (χ1v) is 48.0. The fourth-order valence-corrected chi connectivity index (χ4v) is 16.6. The first-order valence-electron chi connectivity index (χ1n) is 42.1. The fraction of sp³-hybridized carbons (Fsp3) is 0.356. The minimum Gasteiger partial charge on any atom is -0.469 e. The first-order chi connectivity index (χ1) is 61.5. The van der Waals surface area contributed by atoms with Crippen molar-refractivity contribution in [1.29, 1.82) is 0 Å².